The lowest BCUT2D eigenvalue weighted by Crippen LogP contribution is -2.22. The second-order valence-corrected chi connectivity index (χ2v) is 3.47. The first kappa shape index (κ1) is 11.0. The van der Waals surface area contributed by atoms with Gasteiger partial charge in [0.15, 0.2) is 0 Å². The van der Waals surface area contributed by atoms with Crippen LogP contribution in [-0.4, -0.2) is 21.6 Å². The highest BCUT2D eigenvalue weighted by Crippen LogP contribution is 2.04. The number of rotatable bonds is 4. The highest BCUT2D eigenvalue weighted by molar-refractivity contribution is 6.18. The molecule has 0 atom stereocenters. The number of halogens is 1. The quantitative estimate of drug-likeness (QED) is 0.761. The molecule has 4 nitrogen and oxygen atoms in total. The van der Waals surface area contributed by atoms with Gasteiger partial charge in [-0.05, 0) is 6.92 Å². The van der Waals surface area contributed by atoms with Crippen LogP contribution in [0.15, 0.2) is 6.20 Å². The molecule has 0 aromatic carbocycles. The highest BCUT2D eigenvalue weighted by Gasteiger charge is 2.05. The fourth-order valence-corrected chi connectivity index (χ4v) is 1.26. The third-order valence-electron chi connectivity index (χ3n) is 2.13. The summed E-state index contributed by atoms with van der Waals surface area (Å²) >= 11 is 5.44. The standard InChI is InChI=1S/C9H14ClN3O/c1-7-8(6-12-13(7)2)5-11-9(14)3-4-10/h6H,3-5H2,1-2H3,(H,11,14). The number of carbonyl (C=O) groups is 1. The minimum Gasteiger partial charge on any atom is -0.352 e. The van der Waals surface area contributed by atoms with Crippen LogP contribution in [0.5, 0.6) is 0 Å². The van der Waals surface area contributed by atoms with E-state index in [0.29, 0.717) is 18.8 Å². The number of aryl methyl sites for hydroxylation is 1. The SMILES string of the molecule is Cc1c(CNC(=O)CCCl)cnn1C. The molecular weight excluding hydrogens is 202 g/mol. The molecule has 0 aliphatic rings. The molecule has 1 N–H and O–H groups in total. The zero-order chi connectivity index (χ0) is 10.6. The summed E-state index contributed by atoms with van der Waals surface area (Å²) in [5, 5.41) is 6.86. The van der Waals surface area contributed by atoms with E-state index in [1.807, 2.05) is 14.0 Å². The van der Waals surface area contributed by atoms with E-state index in [1.165, 1.54) is 0 Å². The zero-order valence-electron chi connectivity index (χ0n) is 8.38. The normalized spacial score (nSPS) is 10.2. The number of amides is 1. The van der Waals surface area contributed by atoms with Crippen molar-refractivity contribution in [1.29, 1.82) is 0 Å². The predicted molar refractivity (Wildman–Crippen MR) is 55.1 cm³/mol. The highest BCUT2D eigenvalue weighted by atomic mass is 35.5. The van der Waals surface area contributed by atoms with E-state index in [1.54, 1.807) is 10.9 Å². The number of hydrogen-bond donors (Lipinski definition) is 1. The minimum absolute atomic E-state index is 0.0248. The Morgan fingerprint density at radius 3 is 2.93 bits per heavy atom. The summed E-state index contributed by atoms with van der Waals surface area (Å²) in [5.74, 6) is 0.334. The topological polar surface area (TPSA) is 46.9 Å². The van der Waals surface area contributed by atoms with E-state index in [9.17, 15) is 4.79 Å². The molecule has 1 rings (SSSR count). The van der Waals surface area contributed by atoms with Crippen molar-refractivity contribution < 1.29 is 4.79 Å². The molecule has 1 aromatic heterocycles. The van der Waals surface area contributed by atoms with Gasteiger partial charge in [-0.25, -0.2) is 0 Å². The molecular formula is C9H14ClN3O. The van der Waals surface area contributed by atoms with Crippen molar-refractivity contribution in [3.05, 3.63) is 17.5 Å². The molecule has 5 heteroatoms. The third-order valence-corrected chi connectivity index (χ3v) is 2.32. The van der Waals surface area contributed by atoms with Gasteiger partial charge >= 0.3 is 0 Å². The van der Waals surface area contributed by atoms with Gasteiger partial charge in [0.1, 0.15) is 0 Å². The van der Waals surface area contributed by atoms with E-state index in [2.05, 4.69) is 10.4 Å². The fraction of sp³-hybridized carbons (Fsp3) is 0.556. The van der Waals surface area contributed by atoms with Crippen LogP contribution in [0.4, 0.5) is 0 Å². The molecule has 0 spiro atoms. The van der Waals surface area contributed by atoms with Crippen molar-refractivity contribution in [2.24, 2.45) is 7.05 Å². The van der Waals surface area contributed by atoms with E-state index in [0.717, 1.165) is 11.3 Å². The molecule has 1 aromatic rings. The van der Waals surface area contributed by atoms with E-state index in [4.69, 9.17) is 11.6 Å². The smallest absolute Gasteiger partial charge is 0.221 e. The predicted octanol–water partition coefficient (Wildman–Crippen LogP) is 0.974. The van der Waals surface area contributed by atoms with Crippen LogP contribution in [0.1, 0.15) is 17.7 Å². The molecule has 0 aliphatic heterocycles. The van der Waals surface area contributed by atoms with Crippen molar-refractivity contribution in [1.82, 2.24) is 15.1 Å². The summed E-state index contributed by atoms with van der Waals surface area (Å²) in [5.41, 5.74) is 2.10. The molecule has 0 aliphatic carbocycles. The van der Waals surface area contributed by atoms with Crippen molar-refractivity contribution in [2.45, 2.75) is 19.9 Å². The van der Waals surface area contributed by atoms with Crippen molar-refractivity contribution in [2.75, 3.05) is 5.88 Å². The molecule has 0 bridgehead atoms. The van der Waals surface area contributed by atoms with Crippen molar-refractivity contribution in [3.63, 3.8) is 0 Å². The number of aromatic nitrogens is 2. The van der Waals surface area contributed by atoms with Gasteiger partial charge in [-0.1, -0.05) is 0 Å². The van der Waals surface area contributed by atoms with Gasteiger partial charge in [-0.3, -0.25) is 9.48 Å². The van der Waals surface area contributed by atoms with Crippen LogP contribution in [0.3, 0.4) is 0 Å². The van der Waals surface area contributed by atoms with Gasteiger partial charge in [-0.15, -0.1) is 11.6 Å². The molecule has 1 heterocycles. The monoisotopic (exact) mass is 215 g/mol. The maximum atomic E-state index is 11.1. The first-order valence-electron chi connectivity index (χ1n) is 4.45. The average molecular weight is 216 g/mol. The Hall–Kier alpha value is -1.03. The molecule has 0 fully saturated rings. The largest absolute Gasteiger partial charge is 0.352 e. The van der Waals surface area contributed by atoms with E-state index < -0.39 is 0 Å². The second kappa shape index (κ2) is 5.00. The zero-order valence-corrected chi connectivity index (χ0v) is 9.14. The van der Waals surface area contributed by atoms with Gasteiger partial charge in [-0.2, -0.15) is 5.10 Å². The van der Waals surface area contributed by atoms with Gasteiger partial charge in [0.05, 0.1) is 6.20 Å². The van der Waals surface area contributed by atoms with Gasteiger partial charge < -0.3 is 5.32 Å². The molecule has 0 saturated heterocycles. The summed E-state index contributed by atoms with van der Waals surface area (Å²) in [4.78, 5) is 11.1. The minimum atomic E-state index is -0.0248. The Kier molecular flexibility index (Phi) is 3.95. The van der Waals surface area contributed by atoms with Crippen LogP contribution in [0, 0.1) is 6.92 Å². The second-order valence-electron chi connectivity index (χ2n) is 3.09. The Labute approximate surface area is 88.2 Å². The van der Waals surface area contributed by atoms with Crippen molar-refractivity contribution >= 4 is 17.5 Å². The van der Waals surface area contributed by atoms with E-state index >= 15 is 0 Å². The third kappa shape index (κ3) is 2.73. The maximum absolute atomic E-state index is 11.1. The summed E-state index contributed by atoms with van der Waals surface area (Å²) in [6.07, 6.45) is 2.12. The van der Waals surface area contributed by atoms with Gasteiger partial charge in [0.25, 0.3) is 0 Å². The van der Waals surface area contributed by atoms with Crippen LogP contribution in [0.2, 0.25) is 0 Å². The number of alkyl halides is 1. The lowest BCUT2D eigenvalue weighted by molar-refractivity contribution is -0.120. The number of carbonyl (C=O) groups excluding carboxylic acids is 1. The number of nitrogens with one attached hydrogen (secondary N) is 1. The molecule has 0 unspecified atom stereocenters. The van der Waals surface area contributed by atoms with Crippen LogP contribution in [-0.2, 0) is 18.4 Å². The molecule has 14 heavy (non-hydrogen) atoms. The lowest BCUT2D eigenvalue weighted by Gasteiger charge is -2.03. The Morgan fingerprint density at radius 1 is 1.71 bits per heavy atom. The Morgan fingerprint density at radius 2 is 2.43 bits per heavy atom. The maximum Gasteiger partial charge on any atom is 0.221 e. The lowest BCUT2D eigenvalue weighted by atomic mass is 10.2. The Balaban J connectivity index is 2.46. The molecule has 0 radical (unpaired) electrons. The number of nitrogens with zero attached hydrogens (tertiary/aromatic N) is 2. The Bertz CT molecular complexity index is 322. The number of hydrogen-bond acceptors (Lipinski definition) is 2. The first-order valence-corrected chi connectivity index (χ1v) is 4.98. The fourth-order valence-electron chi connectivity index (χ4n) is 1.09. The van der Waals surface area contributed by atoms with Crippen molar-refractivity contribution in [3.8, 4) is 0 Å². The van der Waals surface area contributed by atoms with Crippen LogP contribution >= 0.6 is 11.6 Å². The summed E-state index contributed by atoms with van der Waals surface area (Å²) in [7, 11) is 1.87. The average Bonchev–Trinajstić information content (AvgIpc) is 2.46. The van der Waals surface area contributed by atoms with Gasteiger partial charge in [0, 0.05) is 37.2 Å². The molecule has 78 valence electrons. The first-order chi connectivity index (χ1) is 6.65. The molecule has 1 amide bonds. The van der Waals surface area contributed by atoms with Crippen LogP contribution in [0.25, 0.3) is 0 Å². The van der Waals surface area contributed by atoms with E-state index in [-0.39, 0.29) is 5.91 Å². The summed E-state index contributed by atoms with van der Waals surface area (Å²) < 4.78 is 1.78. The van der Waals surface area contributed by atoms with Crippen LogP contribution < -0.4 is 5.32 Å². The molecule has 0 saturated carbocycles. The summed E-state index contributed by atoms with van der Waals surface area (Å²) in [6, 6.07) is 0. The summed E-state index contributed by atoms with van der Waals surface area (Å²) in [6.45, 7) is 2.49. The van der Waals surface area contributed by atoms with Gasteiger partial charge in [0.2, 0.25) is 5.91 Å².